The Morgan fingerprint density at radius 2 is 1.68 bits per heavy atom. The number of nitrogens with one attached hydrogen (secondary N) is 1. The molecule has 0 saturated heterocycles. The molecule has 1 aromatic carbocycles. The van der Waals surface area contributed by atoms with Gasteiger partial charge in [-0.15, -0.1) is 0 Å². The molecule has 0 atom stereocenters. The summed E-state index contributed by atoms with van der Waals surface area (Å²) in [6, 6.07) is 6.84. The number of hydrogen-bond donors (Lipinski definition) is 2. The molecule has 0 aliphatic carbocycles. The lowest BCUT2D eigenvalue weighted by molar-refractivity contribution is 1.14. The normalized spacial score (nSPS) is 10.5. The zero-order valence-electron chi connectivity index (χ0n) is 11.2. The van der Waals surface area contributed by atoms with Crippen LogP contribution in [0, 0.1) is 0 Å². The third-order valence-corrected chi connectivity index (χ3v) is 3.47. The average Bonchev–Trinajstić information content (AvgIpc) is 2.51. The lowest BCUT2D eigenvalue weighted by Gasteiger charge is -2.12. The minimum absolute atomic E-state index is 0.345. The number of rotatable bonds is 3. The molecular weight excluding hydrogens is 323 g/mol. The van der Waals surface area contributed by atoms with Gasteiger partial charge in [-0.3, -0.25) is 0 Å². The quantitative estimate of drug-likeness (QED) is 0.762. The van der Waals surface area contributed by atoms with E-state index in [2.05, 4.69) is 25.3 Å². The van der Waals surface area contributed by atoms with Gasteiger partial charge in [0.2, 0.25) is 0 Å². The maximum Gasteiger partial charge on any atom is 0.158 e. The van der Waals surface area contributed by atoms with E-state index in [4.69, 9.17) is 28.9 Å². The maximum absolute atomic E-state index is 6.16. The zero-order chi connectivity index (χ0) is 15.5. The van der Waals surface area contributed by atoms with Crippen molar-refractivity contribution in [3.05, 3.63) is 53.0 Å². The van der Waals surface area contributed by atoms with E-state index in [1.165, 1.54) is 6.33 Å². The van der Waals surface area contributed by atoms with E-state index in [-0.39, 0.29) is 0 Å². The van der Waals surface area contributed by atoms with Gasteiger partial charge in [-0.2, -0.15) is 0 Å². The fourth-order valence-corrected chi connectivity index (χ4v) is 2.35. The lowest BCUT2D eigenvalue weighted by Crippen LogP contribution is -2.01. The Balaban J connectivity index is 2.06. The predicted molar refractivity (Wildman–Crippen MR) is 87.2 cm³/mol. The summed E-state index contributed by atoms with van der Waals surface area (Å²) in [6.07, 6.45) is 4.49. The van der Waals surface area contributed by atoms with E-state index < -0.39 is 0 Å². The van der Waals surface area contributed by atoms with Crippen LogP contribution in [0.3, 0.4) is 0 Å². The van der Waals surface area contributed by atoms with E-state index in [1.807, 2.05) is 0 Å². The maximum atomic E-state index is 6.16. The van der Waals surface area contributed by atoms with Crippen molar-refractivity contribution in [2.45, 2.75) is 0 Å². The Bertz CT molecular complexity index is 804. The van der Waals surface area contributed by atoms with E-state index >= 15 is 0 Å². The van der Waals surface area contributed by atoms with Crippen LogP contribution in [0.2, 0.25) is 10.0 Å². The molecule has 0 saturated carbocycles. The first kappa shape index (κ1) is 14.5. The minimum atomic E-state index is 0.345. The van der Waals surface area contributed by atoms with E-state index in [9.17, 15) is 0 Å². The summed E-state index contributed by atoms with van der Waals surface area (Å²) >= 11 is 12.3. The second-order valence-corrected chi connectivity index (χ2v) is 5.12. The largest absolute Gasteiger partial charge is 0.384 e. The van der Waals surface area contributed by atoms with Crippen LogP contribution in [-0.2, 0) is 0 Å². The number of anilines is 3. The number of para-hydroxylation sites is 1. The van der Waals surface area contributed by atoms with Crippen molar-refractivity contribution in [1.82, 2.24) is 19.9 Å². The van der Waals surface area contributed by atoms with Gasteiger partial charge >= 0.3 is 0 Å². The van der Waals surface area contributed by atoms with Crippen molar-refractivity contribution in [1.29, 1.82) is 0 Å². The molecule has 0 bridgehead atoms. The highest BCUT2D eigenvalue weighted by Gasteiger charge is 2.13. The highest BCUT2D eigenvalue weighted by molar-refractivity contribution is 6.39. The first-order valence-corrected chi connectivity index (χ1v) is 7.00. The van der Waals surface area contributed by atoms with Gasteiger partial charge in [0.05, 0.1) is 21.4 Å². The van der Waals surface area contributed by atoms with Crippen molar-refractivity contribution in [3.8, 4) is 11.4 Å². The third-order valence-electron chi connectivity index (χ3n) is 2.84. The first-order valence-electron chi connectivity index (χ1n) is 6.25. The summed E-state index contributed by atoms with van der Waals surface area (Å²) in [4.78, 5) is 16.6. The van der Waals surface area contributed by atoms with Crippen LogP contribution < -0.4 is 11.1 Å². The highest BCUT2D eigenvalue weighted by atomic mass is 35.5. The predicted octanol–water partition coefficient (Wildman–Crippen LogP) is 3.57. The molecule has 0 fully saturated rings. The first-order chi connectivity index (χ1) is 10.6. The molecule has 6 nitrogen and oxygen atoms in total. The molecule has 8 heteroatoms. The molecule has 110 valence electrons. The van der Waals surface area contributed by atoms with Gasteiger partial charge in [0.1, 0.15) is 17.8 Å². The van der Waals surface area contributed by atoms with Gasteiger partial charge in [0.15, 0.2) is 5.82 Å². The van der Waals surface area contributed by atoms with Gasteiger partial charge in [-0.05, 0) is 12.1 Å². The molecule has 22 heavy (non-hydrogen) atoms. The van der Waals surface area contributed by atoms with Crippen molar-refractivity contribution >= 4 is 40.5 Å². The summed E-state index contributed by atoms with van der Waals surface area (Å²) < 4.78 is 0. The van der Waals surface area contributed by atoms with Gasteiger partial charge in [-0.1, -0.05) is 29.3 Å². The van der Waals surface area contributed by atoms with E-state index in [0.717, 1.165) is 0 Å². The molecule has 0 spiro atoms. The number of nitrogen functional groups attached to an aromatic ring is 1. The summed E-state index contributed by atoms with van der Waals surface area (Å²) in [5.74, 6) is 0.813. The zero-order valence-corrected chi connectivity index (χ0v) is 12.7. The highest BCUT2D eigenvalue weighted by Crippen LogP contribution is 2.34. The standard InChI is InChI=1S/C14H10Cl2N6/c15-8-2-1-3-9(16)12(8)22-14-13(18-4-5-19-14)10-6-11(17)21-7-20-10/h1-7H,(H,19,22)(H2,17,20,21). The van der Waals surface area contributed by atoms with E-state index in [0.29, 0.717) is 38.8 Å². The lowest BCUT2D eigenvalue weighted by atomic mass is 10.2. The Hall–Kier alpha value is -2.44. The molecule has 0 radical (unpaired) electrons. The molecule has 0 unspecified atom stereocenters. The van der Waals surface area contributed by atoms with Crippen LogP contribution in [-0.4, -0.2) is 19.9 Å². The Morgan fingerprint density at radius 3 is 2.41 bits per heavy atom. The van der Waals surface area contributed by atoms with Crippen molar-refractivity contribution in [2.24, 2.45) is 0 Å². The van der Waals surface area contributed by atoms with Crippen molar-refractivity contribution in [2.75, 3.05) is 11.1 Å². The Kier molecular flexibility index (Phi) is 4.04. The number of halogens is 2. The second kappa shape index (κ2) is 6.13. The summed E-state index contributed by atoms with van der Waals surface area (Å²) in [5.41, 5.74) is 7.30. The molecular formula is C14H10Cl2N6. The summed E-state index contributed by atoms with van der Waals surface area (Å²) in [5, 5.41) is 4.04. The number of hydrogen-bond acceptors (Lipinski definition) is 6. The molecule has 3 rings (SSSR count). The van der Waals surface area contributed by atoms with Gasteiger partial charge in [0.25, 0.3) is 0 Å². The van der Waals surface area contributed by atoms with Crippen LogP contribution in [0.25, 0.3) is 11.4 Å². The SMILES string of the molecule is Nc1cc(-c2nccnc2Nc2c(Cl)cccc2Cl)ncn1. The van der Waals surface area contributed by atoms with Gasteiger partial charge < -0.3 is 11.1 Å². The number of nitrogens with two attached hydrogens (primary N) is 1. The molecule has 0 amide bonds. The number of benzene rings is 1. The summed E-state index contributed by atoms with van der Waals surface area (Å²) in [7, 11) is 0. The van der Waals surface area contributed by atoms with Gasteiger partial charge in [0, 0.05) is 18.5 Å². The van der Waals surface area contributed by atoms with Crippen LogP contribution in [0.15, 0.2) is 43.0 Å². The second-order valence-electron chi connectivity index (χ2n) is 4.30. The van der Waals surface area contributed by atoms with Crippen LogP contribution in [0.1, 0.15) is 0 Å². The number of nitrogens with zero attached hydrogens (tertiary/aromatic N) is 4. The van der Waals surface area contributed by atoms with Gasteiger partial charge in [-0.25, -0.2) is 19.9 Å². The van der Waals surface area contributed by atoms with Crippen LogP contribution >= 0.6 is 23.2 Å². The van der Waals surface area contributed by atoms with Crippen molar-refractivity contribution < 1.29 is 0 Å². The Morgan fingerprint density at radius 1 is 0.955 bits per heavy atom. The topological polar surface area (TPSA) is 89.6 Å². The molecule has 3 N–H and O–H groups in total. The van der Waals surface area contributed by atoms with E-state index in [1.54, 1.807) is 36.7 Å². The molecule has 3 aromatic rings. The fraction of sp³-hybridized carbons (Fsp3) is 0. The monoisotopic (exact) mass is 332 g/mol. The number of aromatic nitrogens is 4. The molecule has 2 aromatic heterocycles. The van der Waals surface area contributed by atoms with Crippen LogP contribution in [0.4, 0.5) is 17.3 Å². The third kappa shape index (κ3) is 2.93. The smallest absolute Gasteiger partial charge is 0.158 e. The molecule has 0 aliphatic heterocycles. The average molecular weight is 333 g/mol. The Labute approximate surface area is 136 Å². The van der Waals surface area contributed by atoms with Crippen molar-refractivity contribution in [3.63, 3.8) is 0 Å². The molecule has 2 heterocycles. The molecule has 0 aliphatic rings. The minimum Gasteiger partial charge on any atom is -0.384 e. The van der Waals surface area contributed by atoms with Crippen LogP contribution in [0.5, 0.6) is 0 Å². The summed E-state index contributed by atoms with van der Waals surface area (Å²) in [6.45, 7) is 0. The fourth-order valence-electron chi connectivity index (χ4n) is 1.85.